The van der Waals surface area contributed by atoms with Crippen LogP contribution in [-0.2, 0) is 20.7 Å². The van der Waals surface area contributed by atoms with Crippen LogP contribution in [0.2, 0.25) is 0 Å². The van der Waals surface area contributed by atoms with Gasteiger partial charge in [0.05, 0.1) is 13.0 Å². The SMILES string of the molecule is CCOc1ccc(OCCOC(=O)CNC(=O)Cc2cccc3ccccc23)cc1. The van der Waals surface area contributed by atoms with E-state index in [9.17, 15) is 9.59 Å². The van der Waals surface area contributed by atoms with Gasteiger partial charge < -0.3 is 19.5 Å². The molecule has 0 aliphatic heterocycles. The summed E-state index contributed by atoms with van der Waals surface area (Å²) in [6.45, 7) is 2.68. The fraction of sp³-hybridized carbons (Fsp3) is 0.250. The maximum absolute atomic E-state index is 12.2. The Morgan fingerprint density at radius 3 is 2.30 bits per heavy atom. The lowest BCUT2D eigenvalue weighted by molar-refractivity contribution is -0.144. The quantitative estimate of drug-likeness (QED) is 0.411. The summed E-state index contributed by atoms with van der Waals surface area (Å²) >= 11 is 0. The fourth-order valence-electron chi connectivity index (χ4n) is 3.02. The van der Waals surface area contributed by atoms with E-state index in [1.807, 2.05) is 61.5 Å². The van der Waals surface area contributed by atoms with Gasteiger partial charge in [-0.2, -0.15) is 0 Å². The Morgan fingerprint density at radius 2 is 1.53 bits per heavy atom. The van der Waals surface area contributed by atoms with Crippen LogP contribution in [0.1, 0.15) is 12.5 Å². The highest BCUT2D eigenvalue weighted by molar-refractivity contribution is 5.91. The third-order valence-corrected chi connectivity index (χ3v) is 4.41. The molecule has 0 atom stereocenters. The lowest BCUT2D eigenvalue weighted by Crippen LogP contribution is -2.32. The van der Waals surface area contributed by atoms with Gasteiger partial charge in [-0.15, -0.1) is 0 Å². The number of benzene rings is 3. The van der Waals surface area contributed by atoms with Gasteiger partial charge in [0, 0.05) is 0 Å². The summed E-state index contributed by atoms with van der Waals surface area (Å²) in [5.74, 6) is 0.707. The molecule has 0 saturated carbocycles. The number of hydrogen-bond donors (Lipinski definition) is 1. The predicted octanol–water partition coefficient (Wildman–Crippen LogP) is 3.52. The molecule has 0 unspecified atom stereocenters. The molecule has 0 heterocycles. The number of carbonyl (C=O) groups excluding carboxylic acids is 2. The summed E-state index contributed by atoms with van der Waals surface area (Å²) < 4.78 is 16.0. The van der Waals surface area contributed by atoms with Gasteiger partial charge in [0.1, 0.15) is 31.3 Å². The highest BCUT2D eigenvalue weighted by Gasteiger charge is 2.09. The van der Waals surface area contributed by atoms with Crippen LogP contribution in [-0.4, -0.2) is 38.2 Å². The Bertz CT molecular complexity index is 979. The molecular weight excluding hydrogens is 382 g/mol. The van der Waals surface area contributed by atoms with Crippen LogP contribution >= 0.6 is 0 Å². The van der Waals surface area contributed by atoms with Gasteiger partial charge >= 0.3 is 5.97 Å². The Morgan fingerprint density at radius 1 is 0.833 bits per heavy atom. The van der Waals surface area contributed by atoms with E-state index in [-0.39, 0.29) is 32.1 Å². The van der Waals surface area contributed by atoms with Crippen molar-refractivity contribution in [3.05, 3.63) is 72.3 Å². The second kappa shape index (κ2) is 10.9. The number of esters is 1. The van der Waals surface area contributed by atoms with Crippen LogP contribution in [0, 0.1) is 0 Å². The molecule has 0 fully saturated rings. The standard InChI is InChI=1S/C24H25NO5/c1-2-28-20-10-12-21(13-11-20)29-14-15-30-24(27)17-25-23(26)16-19-8-5-7-18-6-3-4-9-22(18)19/h3-13H,2,14-17H2,1H3,(H,25,26). The van der Waals surface area contributed by atoms with Crippen molar-refractivity contribution in [2.24, 2.45) is 0 Å². The topological polar surface area (TPSA) is 73.9 Å². The van der Waals surface area contributed by atoms with Crippen LogP contribution in [0.25, 0.3) is 10.8 Å². The first-order valence-corrected chi connectivity index (χ1v) is 9.90. The van der Waals surface area contributed by atoms with Gasteiger partial charge in [0.15, 0.2) is 0 Å². The average molecular weight is 407 g/mol. The maximum Gasteiger partial charge on any atom is 0.325 e. The first-order chi connectivity index (χ1) is 14.7. The molecule has 0 saturated heterocycles. The average Bonchev–Trinajstić information content (AvgIpc) is 2.77. The third kappa shape index (κ3) is 6.24. The third-order valence-electron chi connectivity index (χ3n) is 4.41. The number of fused-ring (bicyclic) bond motifs is 1. The van der Waals surface area contributed by atoms with E-state index in [2.05, 4.69) is 5.32 Å². The largest absolute Gasteiger partial charge is 0.494 e. The lowest BCUT2D eigenvalue weighted by Gasteiger charge is -2.10. The molecule has 0 radical (unpaired) electrons. The summed E-state index contributed by atoms with van der Waals surface area (Å²) in [4.78, 5) is 24.0. The molecule has 0 bridgehead atoms. The Hall–Kier alpha value is -3.54. The van der Waals surface area contributed by atoms with E-state index in [4.69, 9.17) is 14.2 Å². The Balaban J connectivity index is 1.35. The number of hydrogen-bond acceptors (Lipinski definition) is 5. The van der Waals surface area contributed by atoms with E-state index in [1.54, 1.807) is 12.1 Å². The molecule has 3 rings (SSSR count). The molecule has 0 aliphatic carbocycles. The van der Waals surface area contributed by atoms with Crippen LogP contribution in [0.3, 0.4) is 0 Å². The zero-order chi connectivity index (χ0) is 21.2. The summed E-state index contributed by atoms with van der Waals surface area (Å²) in [6.07, 6.45) is 0.204. The molecule has 156 valence electrons. The molecule has 3 aromatic rings. The Labute approximate surface area is 175 Å². The fourth-order valence-corrected chi connectivity index (χ4v) is 3.02. The van der Waals surface area contributed by atoms with Crippen LogP contribution in [0.5, 0.6) is 11.5 Å². The van der Waals surface area contributed by atoms with Gasteiger partial charge in [-0.1, -0.05) is 42.5 Å². The minimum Gasteiger partial charge on any atom is -0.494 e. The van der Waals surface area contributed by atoms with Crippen LogP contribution in [0.15, 0.2) is 66.7 Å². The maximum atomic E-state index is 12.2. The van der Waals surface area contributed by atoms with Crippen LogP contribution < -0.4 is 14.8 Å². The number of rotatable bonds is 10. The van der Waals surface area contributed by atoms with Crippen molar-refractivity contribution < 1.29 is 23.8 Å². The molecular formula is C24H25NO5. The molecule has 0 aliphatic rings. The van der Waals surface area contributed by atoms with Crippen molar-refractivity contribution in [3.63, 3.8) is 0 Å². The summed E-state index contributed by atoms with van der Waals surface area (Å²) in [6, 6.07) is 20.9. The van der Waals surface area contributed by atoms with Crippen molar-refractivity contribution in [2.45, 2.75) is 13.3 Å². The van der Waals surface area contributed by atoms with Crippen molar-refractivity contribution in [1.29, 1.82) is 0 Å². The highest BCUT2D eigenvalue weighted by Crippen LogP contribution is 2.19. The first kappa shape index (κ1) is 21.2. The number of carbonyl (C=O) groups is 2. The second-order valence-electron chi connectivity index (χ2n) is 6.57. The molecule has 0 aromatic heterocycles. The monoisotopic (exact) mass is 407 g/mol. The summed E-state index contributed by atoms with van der Waals surface area (Å²) in [7, 11) is 0. The van der Waals surface area contributed by atoms with Gasteiger partial charge in [-0.05, 0) is 47.5 Å². The molecule has 30 heavy (non-hydrogen) atoms. The normalized spacial score (nSPS) is 10.4. The number of amides is 1. The van der Waals surface area contributed by atoms with E-state index in [0.29, 0.717) is 12.4 Å². The molecule has 6 heteroatoms. The van der Waals surface area contributed by atoms with Crippen molar-refractivity contribution >= 4 is 22.6 Å². The number of nitrogens with one attached hydrogen (secondary N) is 1. The van der Waals surface area contributed by atoms with Crippen molar-refractivity contribution in [1.82, 2.24) is 5.32 Å². The first-order valence-electron chi connectivity index (χ1n) is 9.90. The molecule has 0 spiro atoms. The predicted molar refractivity (Wildman–Crippen MR) is 115 cm³/mol. The van der Waals surface area contributed by atoms with Gasteiger partial charge in [0.25, 0.3) is 0 Å². The van der Waals surface area contributed by atoms with E-state index >= 15 is 0 Å². The highest BCUT2D eigenvalue weighted by atomic mass is 16.6. The lowest BCUT2D eigenvalue weighted by atomic mass is 10.0. The zero-order valence-electron chi connectivity index (χ0n) is 16.9. The minimum atomic E-state index is -0.503. The van der Waals surface area contributed by atoms with Crippen LogP contribution in [0.4, 0.5) is 0 Å². The summed E-state index contributed by atoms with van der Waals surface area (Å²) in [5.41, 5.74) is 0.919. The van der Waals surface area contributed by atoms with E-state index in [1.165, 1.54) is 0 Å². The zero-order valence-corrected chi connectivity index (χ0v) is 16.9. The van der Waals surface area contributed by atoms with Gasteiger partial charge in [0.2, 0.25) is 5.91 Å². The minimum absolute atomic E-state index is 0.102. The molecule has 1 amide bonds. The van der Waals surface area contributed by atoms with Gasteiger partial charge in [-0.3, -0.25) is 9.59 Å². The second-order valence-corrected chi connectivity index (χ2v) is 6.57. The Kier molecular flexibility index (Phi) is 7.66. The van der Waals surface area contributed by atoms with Gasteiger partial charge in [-0.25, -0.2) is 0 Å². The van der Waals surface area contributed by atoms with E-state index < -0.39 is 5.97 Å². The van der Waals surface area contributed by atoms with Crippen molar-refractivity contribution in [3.8, 4) is 11.5 Å². The van der Waals surface area contributed by atoms with E-state index in [0.717, 1.165) is 22.1 Å². The molecule has 6 nitrogen and oxygen atoms in total. The smallest absolute Gasteiger partial charge is 0.325 e. The van der Waals surface area contributed by atoms with Crippen molar-refractivity contribution in [2.75, 3.05) is 26.4 Å². The molecule has 3 aromatic carbocycles. The molecule has 1 N–H and O–H groups in total. The summed E-state index contributed by atoms with van der Waals surface area (Å²) in [5, 5.41) is 4.71. The number of ether oxygens (including phenoxy) is 3.